The molecule has 2 nitrogen and oxygen atoms in total. The van der Waals surface area contributed by atoms with Gasteiger partial charge in [-0.2, -0.15) is 0 Å². The van der Waals surface area contributed by atoms with Crippen LogP contribution in [-0.4, -0.2) is 28.2 Å². The molecule has 146 valence electrons. The fourth-order valence-electron chi connectivity index (χ4n) is 3.74. The lowest BCUT2D eigenvalue weighted by Gasteiger charge is -2.26. The molecule has 0 heterocycles. The third-order valence-corrected chi connectivity index (χ3v) is 6.10. The minimum absolute atomic E-state index is 0.183. The molecule has 0 N–H and O–H groups in total. The van der Waals surface area contributed by atoms with Gasteiger partial charge in [0.05, 0.1) is 0 Å². The van der Waals surface area contributed by atoms with Crippen LogP contribution in [0.3, 0.4) is 0 Å². The number of benzene rings is 3. The van der Waals surface area contributed by atoms with Crippen LogP contribution in [0.5, 0.6) is 0 Å². The van der Waals surface area contributed by atoms with E-state index in [2.05, 4.69) is 128 Å². The zero-order chi connectivity index (χ0) is 20.4. The van der Waals surface area contributed by atoms with Gasteiger partial charge in [0, 0.05) is 50.0 Å². The Bertz CT molecular complexity index is 919. The number of aryl methyl sites for hydroxylation is 2. The van der Waals surface area contributed by atoms with Gasteiger partial charge in [0.1, 0.15) is 0 Å². The normalized spacial score (nSPS) is 11.0. The second-order valence-electron chi connectivity index (χ2n) is 7.83. The molecule has 3 aromatic carbocycles. The van der Waals surface area contributed by atoms with Gasteiger partial charge >= 0.3 is 0 Å². The first-order valence-electron chi connectivity index (χ1n) is 9.59. The Morgan fingerprint density at radius 1 is 0.643 bits per heavy atom. The summed E-state index contributed by atoms with van der Waals surface area (Å²) in [6, 6.07) is 22.1. The van der Waals surface area contributed by atoms with E-state index in [0.717, 1.165) is 4.47 Å². The van der Waals surface area contributed by atoms with Gasteiger partial charge < -0.3 is 9.80 Å². The summed E-state index contributed by atoms with van der Waals surface area (Å²) in [5, 5.41) is 0. The van der Waals surface area contributed by atoms with E-state index in [-0.39, 0.29) is 5.92 Å². The number of anilines is 2. The summed E-state index contributed by atoms with van der Waals surface area (Å²) in [5.41, 5.74) is 9.06. The predicted octanol–water partition coefficient (Wildman–Crippen LogP) is 6.38. The topological polar surface area (TPSA) is 6.48 Å². The maximum absolute atomic E-state index is 3.80. The van der Waals surface area contributed by atoms with Crippen molar-refractivity contribution in [2.45, 2.75) is 19.8 Å². The molecule has 0 aromatic heterocycles. The van der Waals surface area contributed by atoms with Crippen molar-refractivity contribution in [3.05, 3.63) is 93.0 Å². The van der Waals surface area contributed by atoms with Gasteiger partial charge in [-0.05, 0) is 72.0 Å². The molecule has 0 radical (unpaired) electrons. The van der Waals surface area contributed by atoms with Crippen molar-refractivity contribution < 1.29 is 0 Å². The van der Waals surface area contributed by atoms with E-state index in [4.69, 9.17) is 0 Å². The highest BCUT2D eigenvalue weighted by Crippen LogP contribution is 2.40. The molecule has 0 aliphatic heterocycles. The Kier molecular flexibility index (Phi) is 6.14. The second kappa shape index (κ2) is 8.40. The number of hydrogen-bond acceptors (Lipinski definition) is 2. The van der Waals surface area contributed by atoms with E-state index in [1.165, 1.54) is 39.2 Å². The van der Waals surface area contributed by atoms with Gasteiger partial charge in [-0.1, -0.05) is 46.3 Å². The van der Waals surface area contributed by atoms with Gasteiger partial charge in [-0.3, -0.25) is 0 Å². The number of rotatable bonds is 5. The van der Waals surface area contributed by atoms with E-state index < -0.39 is 0 Å². The van der Waals surface area contributed by atoms with Crippen LogP contribution in [0, 0.1) is 13.8 Å². The minimum atomic E-state index is 0.183. The number of halogens is 1. The maximum Gasteiger partial charge on any atom is 0.0363 e. The average molecular weight is 437 g/mol. The van der Waals surface area contributed by atoms with E-state index >= 15 is 0 Å². The van der Waals surface area contributed by atoms with Crippen molar-refractivity contribution in [1.82, 2.24) is 0 Å². The number of nitrogens with zero attached hydrogens (tertiary/aromatic N) is 2. The van der Waals surface area contributed by atoms with E-state index in [1.54, 1.807) is 0 Å². The highest BCUT2D eigenvalue weighted by atomic mass is 79.9. The minimum Gasteiger partial charge on any atom is -0.378 e. The van der Waals surface area contributed by atoms with Gasteiger partial charge in [0.15, 0.2) is 0 Å². The lowest BCUT2D eigenvalue weighted by atomic mass is 9.81. The highest BCUT2D eigenvalue weighted by Gasteiger charge is 2.23. The third-order valence-electron chi connectivity index (χ3n) is 5.38. The lowest BCUT2D eigenvalue weighted by molar-refractivity contribution is 0.939. The van der Waals surface area contributed by atoms with Crippen LogP contribution in [0.1, 0.15) is 33.7 Å². The van der Waals surface area contributed by atoms with Crippen molar-refractivity contribution in [1.29, 1.82) is 0 Å². The van der Waals surface area contributed by atoms with E-state index in [1.807, 2.05) is 0 Å². The molecule has 0 atom stereocenters. The highest BCUT2D eigenvalue weighted by molar-refractivity contribution is 9.10. The molecule has 0 aliphatic rings. The lowest BCUT2D eigenvalue weighted by Crippen LogP contribution is -2.13. The molecule has 0 unspecified atom stereocenters. The molecule has 3 rings (SSSR count). The SMILES string of the molecule is Cc1cc(N(C)C)ccc1C(c1ccc(N(C)C)cc1C)c1ccccc1Br. The van der Waals surface area contributed by atoms with Crippen LogP contribution < -0.4 is 9.80 Å². The van der Waals surface area contributed by atoms with Gasteiger partial charge in [-0.15, -0.1) is 0 Å². The average Bonchev–Trinajstić information content (AvgIpc) is 2.65. The fourth-order valence-corrected chi connectivity index (χ4v) is 4.25. The molecule has 0 fully saturated rings. The molecule has 0 saturated carbocycles. The van der Waals surface area contributed by atoms with Crippen LogP contribution in [0.15, 0.2) is 65.1 Å². The summed E-state index contributed by atoms with van der Waals surface area (Å²) in [6.45, 7) is 4.44. The van der Waals surface area contributed by atoms with E-state index in [9.17, 15) is 0 Å². The molecular formula is C25H29BrN2. The molecule has 0 aliphatic carbocycles. The predicted molar refractivity (Wildman–Crippen MR) is 126 cm³/mol. The summed E-state index contributed by atoms with van der Waals surface area (Å²) < 4.78 is 1.15. The molecule has 0 spiro atoms. The molecule has 0 saturated heterocycles. The van der Waals surface area contributed by atoms with Crippen LogP contribution in [0.2, 0.25) is 0 Å². The van der Waals surface area contributed by atoms with Crippen molar-refractivity contribution >= 4 is 27.3 Å². The van der Waals surface area contributed by atoms with Crippen molar-refractivity contribution in [3.63, 3.8) is 0 Å². The van der Waals surface area contributed by atoms with Crippen LogP contribution in [0.4, 0.5) is 11.4 Å². The second-order valence-corrected chi connectivity index (χ2v) is 8.68. The van der Waals surface area contributed by atoms with Crippen molar-refractivity contribution in [2.24, 2.45) is 0 Å². The Labute approximate surface area is 177 Å². The van der Waals surface area contributed by atoms with Crippen LogP contribution in [0.25, 0.3) is 0 Å². The third kappa shape index (κ3) is 4.10. The Balaban J connectivity index is 2.22. The van der Waals surface area contributed by atoms with Gasteiger partial charge in [0.2, 0.25) is 0 Å². The van der Waals surface area contributed by atoms with E-state index in [0.29, 0.717) is 0 Å². The van der Waals surface area contributed by atoms with Crippen LogP contribution in [-0.2, 0) is 0 Å². The largest absolute Gasteiger partial charge is 0.378 e. The van der Waals surface area contributed by atoms with Gasteiger partial charge in [-0.25, -0.2) is 0 Å². The first kappa shape index (κ1) is 20.5. The fraction of sp³-hybridized carbons (Fsp3) is 0.280. The Morgan fingerprint density at radius 2 is 1.11 bits per heavy atom. The molecule has 3 aromatic rings. The molecule has 0 bridgehead atoms. The van der Waals surface area contributed by atoms with Gasteiger partial charge in [0.25, 0.3) is 0 Å². The summed E-state index contributed by atoms with van der Waals surface area (Å²) in [4.78, 5) is 4.31. The Morgan fingerprint density at radius 3 is 1.50 bits per heavy atom. The Hall–Kier alpha value is -2.26. The smallest absolute Gasteiger partial charge is 0.0363 e. The number of hydrogen-bond donors (Lipinski definition) is 0. The summed E-state index contributed by atoms with van der Waals surface area (Å²) in [5.74, 6) is 0.183. The monoisotopic (exact) mass is 436 g/mol. The summed E-state index contributed by atoms with van der Waals surface area (Å²) >= 11 is 3.80. The molecule has 3 heteroatoms. The maximum atomic E-state index is 3.80. The summed E-state index contributed by atoms with van der Waals surface area (Å²) in [6.07, 6.45) is 0. The first-order chi connectivity index (χ1) is 13.3. The zero-order valence-corrected chi connectivity index (χ0v) is 19.2. The van der Waals surface area contributed by atoms with Crippen molar-refractivity contribution in [2.75, 3.05) is 38.0 Å². The summed E-state index contributed by atoms with van der Waals surface area (Å²) in [7, 11) is 8.35. The molecular weight excluding hydrogens is 408 g/mol. The first-order valence-corrected chi connectivity index (χ1v) is 10.4. The van der Waals surface area contributed by atoms with Crippen molar-refractivity contribution in [3.8, 4) is 0 Å². The zero-order valence-electron chi connectivity index (χ0n) is 17.6. The molecule has 0 amide bonds. The van der Waals surface area contributed by atoms with Crippen LogP contribution >= 0.6 is 15.9 Å². The standard InChI is InChI=1S/C25H29BrN2/c1-17-15-19(27(3)4)11-13-21(17)25(23-9-7-8-10-24(23)26)22-14-12-20(28(5)6)16-18(22)2/h7-16,25H,1-6H3. The quantitative estimate of drug-likeness (QED) is 0.428. The molecule has 28 heavy (non-hydrogen) atoms.